The summed E-state index contributed by atoms with van der Waals surface area (Å²) in [6.07, 6.45) is -11.8. The summed E-state index contributed by atoms with van der Waals surface area (Å²) in [4.78, 5) is 10.9. The molecule has 1 unspecified atom stereocenters. The second-order valence-electron chi connectivity index (χ2n) is 12.3. The lowest BCUT2D eigenvalue weighted by Gasteiger charge is -2.39. The first kappa shape index (κ1) is 37.6. The lowest BCUT2D eigenvalue weighted by atomic mass is 9.80. The van der Waals surface area contributed by atoms with Crippen molar-refractivity contribution in [3.63, 3.8) is 0 Å². The molecule has 7 nitrogen and oxygen atoms in total. The van der Waals surface area contributed by atoms with E-state index in [-0.39, 0.29) is 35.3 Å². The highest BCUT2D eigenvalue weighted by Gasteiger charge is 2.73. The number of benzene rings is 4. The second-order valence-corrected chi connectivity index (χ2v) is 14.5. The molecule has 0 fully saturated rings. The molecule has 0 saturated heterocycles. The number of ether oxygens (including phenoxy) is 1. The molecule has 0 spiro atoms. The first-order valence-electron chi connectivity index (χ1n) is 15.5. The number of fused-ring (bicyclic) bond motifs is 1. The lowest BCUT2D eigenvalue weighted by Crippen LogP contribution is -2.56. The molecule has 0 saturated carbocycles. The number of hydrogen-bond acceptors (Lipinski definition) is 5. The van der Waals surface area contributed by atoms with Gasteiger partial charge in [-0.1, -0.05) is 30.3 Å². The van der Waals surface area contributed by atoms with Crippen molar-refractivity contribution in [2.45, 2.75) is 53.5 Å². The number of aromatic carboxylic acids is 1. The number of rotatable bonds is 9. The summed E-state index contributed by atoms with van der Waals surface area (Å²) in [6.45, 7) is -1.77. The van der Waals surface area contributed by atoms with Crippen molar-refractivity contribution in [3.8, 4) is 5.69 Å². The van der Waals surface area contributed by atoms with E-state index < -0.39 is 73.7 Å². The van der Waals surface area contributed by atoms with Crippen LogP contribution in [0.4, 0.5) is 39.5 Å². The Morgan fingerprint density at radius 1 is 0.830 bits per heavy atom. The fraction of sp³-hybridized carbons (Fsp3) is 0.222. The van der Waals surface area contributed by atoms with Crippen LogP contribution in [-0.4, -0.2) is 41.6 Å². The topological polar surface area (TPSA) is 98.5 Å². The number of carbonyl (C=O) groups is 1. The second kappa shape index (κ2) is 13.4. The van der Waals surface area contributed by atoms with Gasteiger partial charge in [0.25, 0.3) is 5.60 Å². The molecule has 1 heterocycles. The van der Waals surface area contributed by atoms with E-state index in [0.717, 1.165) is 42.5 Å². The van der Waals surface area contributed by atoms with Crippen molar-refractivity contribution < 1.29 is 62.6 Å². The van der Waals surface area contributed by atoms with E-state index in [2.05, 4.69) is 9.84 Å². The van der Waals surface area contributed by atoms with Gasteiger partial charge < -0.3 is 9.84 Å². The standard InChI is InChI=1S/C36H25F9N2O5S/c37-25-10-14-27(15-11-25)53(50,51)33(17-16-31-22(18-33)19-46-47(31)26-12-4-21(5-13-26)32(48)49)23-6-8-24(9-7-23)34(35(40,41)42,36(43,44)45)52-20-28-29(38)2-1-3-30(28)39/h1-15,19H,16-18,20H2,(H,48,49). The van der Waals surface area contributed by atoms with Gasteiger partial charge in [-0.2, -0.15) is 31.4 Å². The number of sulfone groups is 1. The molecule has 1 aromatic heterocycles. The zero-order chi connectivity index (χ0) is 38.6. The van der Waals surface area contributed by atoms with Crippen molar-refractivity contribution in [2.24, 2.45) is 0 Å². The van der Waals surface area contributed by atoms with Gasteiger partial charge in [0.15, 0.2) is 9.84 Å². The van der Waals surface area contributed by atoms with E-state index in [9.17, 15) is 57.8 Å². The van der Waals surface area contributed by atoms with Gasteiger partial charge in [-0.05, 0) is 91.1 Å². The maximum absolute atomic E-state index is 14.6. The minimum atomic E-state index is -6.23. The van der Waals surface area contributed by atoms with Crippen LogP contribution >= 0.6 is 0 Å². The Balaban J connectivity index is 1.46. The Bertz CT molecular complexity index is 2240. The largest absolute Gasteiger partial charge is 0.478 e. The highest BCUT2D eigenvalue weighted by Crippen LogP contribution is 2.54. The fourth-order valence-corrected chi connectivity index (χ4v) is 8.68. The summed E-state index contributed by atoms with van der Waals surface area (Å²) < 4.78 is 163. The molecular formula is C36H25F9N2O5S. The van der Waals surface area contributed by atoms with Crippen LogP contribution in [0.2, 0.25) is 0 Å². The molecule has 6 rings (SSSR count). The van der Waals surface area contributed by atoms with Crippen LogP contribution in [0.1, 0.15) is 44.7 Å². The van der Waals surface area contributed by atoms with Gasteiger partial charge in [0.2, 0.25) is 0 Å². The third-order valence-corrected chi connectivity index (χ3v) is 11.8. The smallest absolute Gasteiger partial charge is 0.430 e. The van der Waals surface area contributed by atoms with Crippen LogP contribution in [0.25, 0.3) is 5.69 Å². The lowest BCUT2D eigenvalue weighted by molar-refractivity contribution is -0.392. The van der Waals surface area contributed by atoms with Crippen LogP contribution in [0, 0.1) is 17.5 Å². The van der Waals surface area contributed by atoms with E-state index >= 15 is 0 Å². The van der Waals surface area contributed by atoms with Crippen LogP contribution in [0.15, 0.2) is 102 Å². The van der Waals surface area contributed by atoms with Crippen LogP contribution in [0.3, 0.4) is 0 Å². The number of carboxylic acid groups (broad SMARTS) is 1. The van der Waals surface area contributed by atoms with E-state index in [4.69, 9.17) is 0 Å². The third kappa shape index (κ3) is 6.34. The molecule has 53 heavy (non-hydrogen) atoms. The SMILES string of the molecule is O=C(O)c1ccc(-n2ncc3c2CCC(c2ccc(C(OCc4c(F)cccc4F)(C(F)(F)F)C(F)(F)F)cc2)(S(=O)(=O)c2ccc(F)cc2)C3)cc1. The molecule has 5 aromatic rings. The fourth-order valence-electron chi connectivity index (χ4n) is 6.57. The average Bonchev–Trinajstić information content (AvgIpc) is 3.52. The number of nitrogens with zero attached hydrogens (tertiary/aromatic N) is 2. The zero-order valence-corrected chi connectivity index (χ0v) is 27.7. The summed E-state index contributed by atoms with van der Waals surface area (Å²) in [5.74, 6) is -4.82. The highest BCUT2D eigenvalue weighted by molar-refractivity contribution is 7.92. The van der Waals surface area contributed by atoms with Crippen molar-refractivity contribution in [1.82, 2.24) is 9.78 Å². The third-order valence-electron chi connectivity index (χ3n) is 9.30. The normalized spacial score (nSPS) is 16.7. The van der Waals surface area contributed by atoms with Crippen molar-refractivity contribution in [2.75, 3.05) is 0 Å². The molecule has 1 aliphatic rings. The number of halogens is 9. The predicted molar refractivity (Wildman–Crippen MR) is 169 cm³/mol. The number of aromatic nitrogens is 2. The maximum atomic E-state index is 14.6. The Kier molecular flexibility index (Phi) is 9.47. The summed E-state index contributed by atoms with van der Waals surface area (Å²) >= 11 is 0. The van der Waals surface area contributed by atoms with E-state index in [1.165, 1.54) is 35.1 Å². The maximum Gasteiger partial charge on any atom is 0.430 e. The first-order valence-corrected chi connectivity index (χ1v) is 17.0. The molecule has 17 heteroatoms. The molecule has 0 radical (unpaired) electrons. The van der Waals surface area contributed by atoms with E-state index in [0.29, 0.717) is 41.2 Å². The van der Waals surface area contributed by atoms with Crippen molar-refractivity contribution in [1.29, 1.82) is 0 Å². The Hall–Kier alpha value is -5.16. The molecule has 1 aliphatic carbocycles. The van der Waals surface area contributed by atoms with Gasteiger partial charge in [-0.15, -0.1) is 0 Å². The molecule has 4 aromatic carbocycles. The summed E-state index contributed by atoms with van der Waals surface area (Å²) in [7, 11) is -4.60. The quantitative estimate of drug-likeness (QED) is 0.120. The van der Waals surface area contributed by atoms with Gasteiger partial charge in [0.05, 0.1) is 29.0 Å². The van der Waals surface area contributed by atoms with Crippen molar-refractivity contribution >= 4 is 15.8 Å². The average molecular weight is 769 g/mol. The minimum Gasteiger partial charge on any atom is -0.478 e. The van der Waals surface area contributed by atoms with E-state index in [1.54, 1.807) is 0 Å². The van der Waals surface area contributed by atoms with Crippen LogP contribution in [-0.2, 0) is 44.4 Å². The molecule has 1 N–H and O–H groups in total. The molecular weight excluding hydrogens is 743 g/mol. The summed E-state index contributed by atoms with van der Waals surface area (Å²) in [5, 5.41) is 13.6. The van der Waals surface area contributed by atoms with E-state index in [1.807, 2.05) is 0 Å². The summed E-state index contributed by atoms with van der Waals surface area (Å²) in [6, 6.07) is 13.9. The number of alkyl halides is 6. The molecule has 0 aliphatic heterocycles. The molecule has 278 valence electrons. The van der Waals surface area contributed by atoms with Gasteiger partial charge in [0, 0.05) is 16.8 Å². The van der Waals surface area contributed by atoms with Crippen LogP contribution in [0.5, 0.6) is 0 Å². The Morgan fingerprint density at radius 2 is 1.42 bits per heavy atom. The predicted octanol–water partition coefficient (Wildman–Crippen LogP) is 8.38. The first-order chi connectivity index (χ1) is 24.8. The van der Waals surface area contributed by atoms with Crippen molar-refractivity contribution in [3.05, 3.63) is 148 Å². The summed E-state index contributed by atoms with van der Waals surface area (Å²) in [5.41, 5.74) is -6.75. The Morgan fingerprint density at radius 3 is 1.96 bits per heavy atom. The molecule has 0 bridgehead atoms. The monoisotopic (exact) mass is 768 g/mol. The number of carboxylic acids is 1. The van der Waals surface area contributed by atoms with Gasteiger partial charge in [-0.3, -0.25) is 0 Å². The van der Waals surface area contributed by atoms with Gasteiger partial charge in [-0.25, -0.2) is 31.1 Å². The highest BCUT2D eigenvalue weighted by atomic mass is 32.2. The Labute approximate surface area is 295 Å². The molecule has 0 amide bonds. The number of hydrogen-bond donors (Lipinski definition) is 1. The van der Waals surface area contributed by atoms with Gasteiger partial charge >= 0.3 is 18.3 Å². The zero-order valence-electron chi connectivity index (χ0n) is 26.9. The molecule has 1 atom stereocenters. The minimum absolute atomic E-state index is 0.00696. The van der Waals surface area contributed by atoms with Gasteiger partial charge in [0.1, 0.15) is 22.2 Å². The van der Waals surface area contributed by atoms with Crippen LogP contribution < -0.4 is 0 Å².